The van der Waals surface area contributed by atoms with Gasteiger partial charge in [0.25, 0.3) is 17.7 Å². The summed E-state index contributed by atoms with van der Waals surface area (Å²) in [6, 6.07) is 9.88. The lowest BCUT2D eigenvalue weighted by Crippen LogP contribution is -2.50. The molecule has 3 saturated heterocycles. The Bertz CT molecular complexity index is 1270. The summed E-state index contributed by atoms with van der Waals surface area (Å²) in [7, 11) is 0. The van der Waals surface area contributed by atoms with Crippen LogP contribution in [-0.4, -0.2) is 77.4 Å². The van der Waals surface area contributed by atoms with Crippen LogP contribution in [-0.2, 0) is 0 Å². The number of amides is 3. The number of primary amides is 1. The van der Waals surface area contributed by atoms with E-state index in [1.165, 1.54) is 0 Å². The summed E-state index contributed by atoms with van der Waals surface area (Å²) >= 11 is 0. The van der Waals surface area contributed by atoms with E-state index in [4.69, 9.17) is 10.7 Å². The first-order valence-corrected chi connectivity index (χ1v) is 15.6. The van der Waals surface area contributed by atoms with Gasteiger partial charge in [-0.25, -0.2) is 4.98 Å². The molecule has 226 valence electrons. The molecule has 4 heterocycles. The van der Waals surface area contributed by atoms with Gasteiger partial charge >= 0.3 is 0 Å². The molecule has 10 nitrogen and oxygen atoms in total. The smallest absolute Gasteiger partial charge is 0.253 e. The monoisotopic (exact) mass is 575 g/mol. The molecule has 0 unspecified atom stereocenters. The van der Waals surface area contributed by atoms with Crippen molar-refractivity contribution >= 4 is 29.2 Å². The Morgan fingerprint density at radius 2 is 1.60 bits per heavy atom. The van der Waals surface area contributed by atoms with Crippen LogP contribution >= 0.6 is 0 Å². The van der Waals surface area contributed by atoms with E-state index in [9.17, 15) is 14.4 Å². The summed E-state index contributed by atoms with van der Waals surface area (Å²) in [5.41, 5.74) is 7.70. The zero-order chi connectivity index (χ0) is 29.8. The highest BCUT2D eigenvalue weighted by molar-refractivity contribution is 6.02. The third kappa shape index (κ3) is 6.53. The number of nitrogens with two attached hydrogens (primary N) is 1. The van der Waals surface area contributed by atoms with E-state index < -0.39 is 5.91 Å². The lowest BCUT2D eigenvalue weighted by molar-refractivity contribution is 0.0922. The van der Waals surface area contributed by atoms with Crippen LogP contribution in [0.25, 0.3) is 0 Å². The molecule has 3 fully saturated rings. The molecule has 0 saturated carbocycles. The molecule has 5 rings (SSSR count). The summed E-state index contributed by atoms with van der Waals surface area (Å²) in [5.74, 6) is 0.164. The van der Waals surface area contributed by atoms with Gasteiger partial charge in [0.05, 0.1) is 11.1 Å². The fraction of sp³-hybridized carbons (Fsp3) is 0.562. The highest BCUT2D eigenvalue weighted by Crippen LogP contribution is 2.38. The van der Waals surface area contributed by atoms with Crippen LogP contribution in [0.4, 0.5) is 11.5 Å². The lowest BCUT2D eigenvalue weighted by Gasteiger charge is -2.40. The van der Waals surface area contributed by atoms with Gasteiger partial charge in [-0.1, -0.05) is 20.8 Å². The number of hydrogen-bond donors (Lipinski definition) is 4. The highest BCUT2D eigenvalue weighted by Gasteiger charge is 2.42. The third-order valence-electron chi connectivity index (χ3n) is 9.29. The van der Waals surface area contributed by atoms with Crippen molar-refractivity contribution < 1.29 is 14.4 Å². The van der Waals surface area contributed by atoms with Gasteiger partial charge in [0.15, 0.2) is 0 Å². The second-order valence-corrected chi connectivity index (χ2v) is 12.0. The Morgan fingerprint density at radius 1 is 0.929 bits per heavy atom. The number of fused-ring (bicyclic) bond motifs is 2. The molecule has 1 aromatic heterocycles. The van der Waals surface area contributed by atoms with Crippen LogP contribution in [0.15, 0.2) is 36.5 Å². The number of anilines is 2. The van der Waals surface area contributed by atoms with Gasteiger partial charge < -0.3 is 31.5 Å². The minimum absolute atomic E-state index is 0.0525. The number of nitrogens with one attached hydrogen (secondary N) is 3. The molecule has 0 radical (unpaired) electrons. The Kier molecular flexibility index (Phi) is 9.30. The summed E-state index contributed by atoms with van der Waals surface area (Å²) < 4.78 is 0. The third-order valence-corrected chi connectivity index (χ3v) is 9.29. The first-order valence-electron chi connectivity index (χ1n) is 15.6. The van der Waals surface area contributed by atoms with Crippen LogP contribution in [0.3, 0.4) is 0 Å². The number of benzene rings is 1. The van der Waals surface area contributed by atoms with Crippen LogP contribution in [0, 0.1) is 0 Å². The summed E-state index contributed by atoms with van der Waals surface area (Å²) in [4.78, 5) is 47.5. The largest absolute Gasteiger partial charge is 0.382 e. The average Bonchev–Trinajstić information content (AvgIpc) is 3.56. The Labute approximate surface area is 248 Å². The van der Waals surface area contributed by atoms with E-state index >= 15 is 0 Å². The van der Waals surface area contributed by atoms with Gasteiger partial charge in [-0.05, 0) is 81.8 Å². The minimum Gasteiger partial charge on any atom is -0.382 e. The molecule has 2 aromatic rings. The van der Waals surface area contributed by atoms with Gasteiger partial charge in [-0.15, -0.1) is 0 Å². The molecule has 4 atom stereocenters. The summed E-state index contributed by atoms with van der Waals surface area (Å²) in [5, 5.41) is 9.78. The second kappa shape index (κ2) is 13.1. The van der Waals surface area contributed by atoms with Crippen molar-refractivity contribution in [2.45, 2.75) is 95.9 Å². The summed E-state index contributed by atoms with van der Waals surface area (Å²) in [6.07, 6.45) is 8.23. The maximum absolute atomic E-state index is 13.3. The van der Waals surface area contributed by atoms with Gasteiger partial charge in [0.2, 0.25) is 0 Å². The molecule has 42 heavy (non-hydrogen) atoms. The number of carbonyl (C=O) groups excluding carboxylic acids is 3. The molecule has 2 bridgehead atoms. The van der Waals surface area contributed by atoms with Crippen LogP contribution in [0.2, 0.25) is 0 Å². The maximum atomic E-state index is 13.3. The molecular weight excluding hydrogens is 530 g/mol. The quantitative estimate of drug-likeness (QED) is 0.322. The van der Waals surface area contributed by atoms with Crippen molar-refractivity contribution in [3.63, 3.8) is 0 Å². The van der Waals surface area contributed by atoms with Crippen molar-refractivity contribution in [3.8, 4) is 0 Å². The molecule has 3 amide bonds. The van der Waals surface area contributed by atoms with E-state index in [-0.39, 0.29) is 42.0 Å². The number of likely N-dealkylation sites (N-methyl/N-ethyl adjacent to an activating group) is 1. The Hall–Kier alpha value is -3.66. The van der Waals surface area contributed by atoms with Crippen molar-refractivity contribution in [2.24, 2.45) is 5.73 Å². The number of carbonyl (C=O) groups is 3. The topological polar surface area (TPSA) is 133 Å². The molecule has 1 aromatic carbocycles. The molecule has 5 N–H and O–H groups in total. The second-order valence-electron chi connectivity index (χ2n) is 12.0. The standard InChI is InChI=1S/C32H45N7O3/c1-4-22(5-2)35-28-15-20(7-11-27(28)30(33)40)31(41)37-24-16-25-9-10-26(17-24)39(25)29-12-8-21(18-34-29)32(42)36-23-13-14-38(6-3)19-23/h7-8,11-12,15,18,22-26,35H,4-6,9-10,13-14,16-17,19H2,1-3H3,(H2,33,40)(H,36,42)(H,37,41)/t23-,24-,25+,26-/m1/s1. The average molecular weight is 576 g/mol. The van der Waals surface area contributed by atoms with Gasteiger partial charge in [0, 0.05) is 60.7 Å². The first kappa shape index (κ1) is 29.8. The first-order chi connectivity index (χ1) is 20.3. The SMILES string of the molecule is CCC(CC)Nc1cc(C(=O)N[C@H]2C[C@H]3CC[C@@H](C2)N3c2ccc(C(=O)N[C@@H]3CCN(CC)C3)cn2)ccc1C(N)=O. The van der Waals surface area contributed by atoms with Gasteiger partial charge in [0.1, 0.15) is 5.82 Å². The minimum atomic E-state index is -0.515. The highest BCUT2D eigenvalue weighted by atomic mass is 16.2. The van der Waals surface area contributed by atoms with E-state index in [1.54, 1.807) is 24.4 Å². The molecule has 3 aliphatic heterocycles. The predicted octanol–water partition coefficient (Wildman–Crippen LogP) is 3.53. The van der Waals surface area contributed by atoms with Crippen LogP contribution in [0.1, 0.15) is 96.8 Å². The molecule has 10 heteroatoms. The summed E-state index contributed by atoms with van der Waals surface area (Å²) in [6.45, 7) is 9.24. The van der Waals surface area contributed by atoms with Crippen LogP contribution in [0.5, 0.6) is 0 Å². The number of rotatable bonds is 11. The van der Waals surface area contributed by atoms with Crippen molar-refractivity contribution in [1.82, 2.24) is 20.5 Å². The Balaban J connectivity index is 1.20. The Morgan fingerprint density at radius 3 is 2.19 bits per heavy atom. The molecule has 0 aliphatic carbocycles. The van der Waals surface area contributed by atoms with Crippen molar-refractivity contribution in [3.05, 3.63) is 53.2 Å². The van der Waals surface area contributed by atoms with Crippen molar-refractivity contribution in [1.29, 1.82) is 0 Å². The van der Waals surface area contributed by atoms with Gasteiger partial charge in [-0.2, -0.15) is 0 Å². The number of hydrogen-bond acceptors (Lipinski definition) is 7. The molecular formula is C32H45N7O3. The fourth-order valence-corrected chi connectivity index (χ4v) is 6.85. The maximum Gasteiger partial charge on any atom is 0.253 e. The van der Waals surface area contributed by atoms with E-state index in [0.29, 0.717) is 22.4 Å². The number of piperidine rings is 1. The molecule has 3 aliphatic rings. The number of aromatic nitrogens is 1. The molecule has 0 spiro atoms. The zero-order valence-electron chi connectivity index (χ0n) is 25.1. The van der Waals surface area contributed by atoms with E-state index in [2.05, 4.69) is 46.5 Å². The number of likely N-dealkylation sites (tertiary alicyclic amines) is 1. The van der Waals surface area contributed by atoms with Gasteiger partial charge in [-0.3, -0.25) is 14.4 Å². The fourth-order valence-electron chi connectivity index (χ4n) is 6.85. The lowest BCUT2D eigenvalue weighted by atomic mass is 9.96. The number of nitrogens with zero attached hydrogens (tertiary/aromatic N) is 3. The van der Waals surface area contributed by atoms with E-state index in [1.807, 2.05) is 12.1 Å². The number of pyridine rings is 1. The van der Waals surface area contributed by atoms with Crippen molar-refractivity contribution in [2.75, 3.05) is 29.9 Å². The van der Waals surface area contributed by atoms with Crippen LogP contribution < -0.4 is 26.6 Å². The van der Waals surface area contributed by atoms with E-state index in [0.717, 1.165) is 70.4 Å². The normalized spacial score (nSPS) is 23.7. The predicted molar refractivity (Wildman–Crippen MR) is 165 cm³/mol. The zero-order valence-corrected chi connectivity index (χ0v) is 25.1.